The summed E-state index contributed by atoms with van der Waals surface area (Å²) in [5, 5.41) is 3.94. The lowest BCUT2D eigenvalue weighted by atomic mass is 10.0. The molecule has 1 aliphatic carbocycles. The third-order valence-electron chi connectivity index (χ3n) is 3.38. The van der Waals surface area contributed by atoms with Crippen LogP contribution in [0.4, 0.5) is 0 Å². The predicted molar refractivity (Wildman–Crippen MR) is 63.2 cm³/mol. The quantitative estimate of drug-likeness (QED) is 0.779. The van der Waals surface area contributed by atoms with Crippen LogP contribution >= 0.6 is 0 Å². The number of hydrogen-bond donors (Lipinski definition) is 0. The molecule has 0 unspecified atom stereocenters. The maximum absolute atomic E-state index is 11.8. The molecule has 0 spiro atoms. The van der Waals surface area contributed by atoms with E-state index in [4.69, 9.17) is 4.52 Å². The van der Waals surface area contributed by atoms with Gasteiger partial charge in [0.05, 0.1) is 5.92 Å². The Morgan fingerprint density at radius 1 is 1.28 bits per heavy atom. The van der Waals surface area contributed by atoms with E-state index < -0.39 is 10.2 Å². The van der Waals surface area contributed by atoms with Gasteiger partial charge < -0.3 is 4.52 Å². The Bertz CT molecular complexity index is 543. The van der Waals surface area contributed by atoms with E-state index >= 15 is 0 Å². The van der Waals surface area contributed by atoms with Gasteiger partial charge in [0.15, 0.2) is 5.82 Å². The Morgan fingerprint density at radius 3 is 2.50 bits per heavy atom. The van der Waals surface area contributed by atoms with Crippen LogP contribution in [-0.4, -0.2) is 54.4 Å². The Labute approximate surface area is 106 Å². The first kappa shape index (κ1) is 12.1. The highest BCUT2D eigenvalue weighted by atomic mass is 32.2. The van der Waals surface area contributed by atoms with E-state index in [1.807, 2.05) is 0 Å². The van der Waals surface area contributed by atoms with E-state index in [-0.39, 0.29) is 5.92 Å². The summed E-state index contributed by atoms with van der Waals surface area (Å²) in [6, 6.07) is 0. The van der Waals surface area contributed by atoms with Crippen molar-refractivity contribution in [1.29, 1.82) is 0 Å². The van der Waals surface area contributed by atoms with Crippen LogP contribution in [0.15, 0.2) is 4.52 Å². The van der Waals surface area contributed by atoms with E-state index in [1.165, 1.54) is 22.7 Å². The lowest BCUT2D eigenvalue weighted by molar-refractivity contribution is 0.207. The normalized spacial score (nSPS) is 22.4. The molecule has 0 N–H and O–H groups in total. The fourth-order valence-electron chi connectivity index (χ4n) is 1.93. The minimum Gasteiger partial charge on any atom is -0.339 e. The Balaban J connectivity index is 1.64. The SMILES string of the molecule is CN(C)S(=O)(=O)N1CC(c2nc(C3CC3)no2)C1. The van der Waals surface area contributed by atoms with Gasteiger partial charge in [-0.15, -0.1) is 0 Å². The highest BCUT2D eigenvalue weighted by molar-refractivity contribution is 7.86. The number of rotatable bonds is 4. The van der Waals surface area contributed by atoms with Crippen LogP contribution in [0, 0.1) is 0 Å². The third kappa shape index (κ3) is 1.94. The van der Waals surface area contributed by atoms with Crippen LogP contribution in [0.2, 0.25) is 0 Å². The van der Waals surface area contributed by atoms with E-state index in [0.29, 0.717) is 24.9 Å². The summed E-state index contributed by atoms with van der Waals surface area (Å²) in [6.07, 6.45) is 2.26. The minimum absolute atomic E-state index is 0.0414. The minimum atomic E-state index is -3.30. The van der Waals surface area contributed by atoms with Crippen LogP contribution in [0.1, 0.15) is 36.4 Å². The lowest BCUT2D eigenvalue weighted by Crippen LogP contribution is -2.52. The monoisotopic (exact) mass is 272 g/mol. The molecule has 1 saturated carbocycles. The van der Waals surface area contributed by atoms with Crippen LogP contribution in [0.3, 0.4) is 0 Å². The Kier molecular flexibility index (Phi) is 2.68. The first-order valence-corrected chi connectivity index (χ1v) is 7.39. The summed E-state index contributed by atoms with van der Waals surface area (Å²) >= 11 is 0. The molecule has 0 bridgehead atoms. The molecule has 0 radical (unpaired) electrons. The van der Waals surface area contributed by atoms with Gasteiger partial charge in [0, 0.05) is 33.1 Å². The largest absolute Gasteiger partial charge is 0.339 e. The molecule has 1 aromatic heterocycles. The summed E-state index contributed by atoms with van der Waals surface area (Å²) in [4.78, 5) is 4.34. The van der Waals surface area contributed by atoms with Crippen molar-refractivity contribution >= 4 is 10.2 Å². The van der Waals surface area contributed by atoms with Gasteiger partial charge >= 0.3 is 0 Å². The molecule has 0 atom stereocenters. The molecule has 18 heavy (non-hydrogen) atoms. The Morgan fingerprint density at radius 2 is 1.94 bits per heavy atom. The molecular formula is C10H16N4O3S. The zero-order chi connectivity index (χ0) is 12.9. The average Bonchev–Trinajstić information content (AvgIpc) is 2.97. The van der Waals surface area contributed by atoms with Crippen LogP contribution in [0.25, 0.3) is 0 Å². The zero-order valence-electron chi connectivity index (χ0n) is 10.4. The first-order chi connectivity index (χ1) is 8.48. The smallest absolute Gasteiger partial charge is 0.281 e. The predicted octanol–water partition coefficient (Wildman–Crippen LogP) is 0.153. The van der Waals surface area contributed by atoms with Crippen LogP contribution in [0.5, 0.6) is 0 Å². The van der Waals surface area contributed by atoms with Gasteiger partial charge in [-0.2, -0.15) is 22.0 Å². The fourth-order valence-corrected chi connectivity index (χ4v) is 3.13. The first-order valence-electron chi connectivity index (χ1n) is 5.99. The standard InChI is InChI=1S/C10H16N4O3S/c1-13(2)18(15,16)14-5-8(6-14)10-11-9(12-17-10)7-3-4-7/h7-8H,3-6H2,1-2H3. The molecule has 0 amide bonds. The third-order valence-corrected chi connectivity index (χ3v) is 5.26. The molecule has 0 aromatic carbocycles. The number of hydrogen-bond acceptors (Lipinski definition) is 5. The maximum Gasteiger partial charge on any atom is 0.281 e. The van der Waals surface area contributed by atoms with Gasteiger partial charge in [0.25, 0.3) is 10.2 Å². The van der Waals surface area contributed by atoms with Gasteiger partial charge in [-0.05, 0) is 12.8 Å². The second-order valence-corrected chi connectivity index (χ2v) is 7.21. The van der Waals surface area contributed by atoms with E-state index in [9.17, 15) is 8.42 Å². The van der Waals surface area contributed by atoms with Gasteiger partial charge in [0.1, 0.15) is 0 Å². The summed E-state index contributed by atoms with van der Waals surface area (Å²) in [7, 11) is -0.245. The molecule has 100 valence electrons. The van der Waals surface area contributed by atoms with Crippen molar-refractivity contribution < 1.29 is 12.9 Å². The number of nitrogens with zero attached hydrogens (tertiary/aromatic N) is 4. The van der Waals surface area contributed by atoms with E-state index in [2.05, 4.69) is 10.1 Å². The summed E-state index contributed by atoms with van der Waals surface area (Å²) in [5.41, 5.74) is 0. The molecule has 2 aliphatic rings. The molecule has 2 fully saturated rings. The van der Waals surface area contributed by atoms with Crippen molar-refractivity contribution in [1.82, 2.24) is 18.8 Å². The Hall–Kier alpha value is -0.990. The van der Waals surface area contributed by atoms with Crippen molar-refractivity contribution in [2.75, 3.05) is 27.2 Å². The zero-order valence-corrected chi connectivity index (χ0v) is 11.2. The molecule has 1 aromatic rings. The second kappa shape index (κ2) is 4.01. The van der Waals surface area contributed by atoms with Gasteiger partial charge in [0.2, 0.25) is 5.89 Å². The highest BCUT2D eigenvalue weighted by Gasteiger charge is 2.41. The lowest BCUT2D eigenvalue weighted by Gasteiger charge is -2.37. The van der Waals surface area contributed by atoms with Crippen LogP contribution < -0.4 is 0 Å². The van der Waals surface area contributed by atoms with Crippen molar-refractivity contribution in [3.8, 4) is 0 Å². The number of aromatic nitrogens is 2. The second-order valence-electron chi connectivity index (χ2n) is 5.07. The van der Waals surface area contributed by atoms with E-state index in [1.54, 1.807) is 0 Å². The summed E-state index contributed by atoms with van der Waals surface area (Å²) < 4.78 is 31.4. The average molecular weight is 272 g/mol. The molecule has 1 saturated heterocycles. The summed E-state index contributed by atoms with van der Waals surface area (Å²) in [6.45, 7) is 0.847. The fraction of sp³-hybridized carbons (Fsp3) is 0.800. The van der Waals surface area contributed by atoms with Crippen LogP contribution in [-0.2, 0) is 10.2 Å². The molecule has 2 heterocycles. The molecule has 7 nitrogen and oxygen atoms in total. The van der Waals surface area contributed by atoms with Gasteiger partial charge in [-0.1, -0.05) is 5.16 Å². The molecule has 8 heteroatoms. The molecule has 1 aliphatic heterocycles. The van der Waals surface area contributed by atoms with Gasteiger partial charge in [-0.25, -0.2) is 0 Å². The van der Waals surface area contributed by atoms with Crippen molar-refractivity contribution in [2.24, 2.45) is 0 Å². The van der Waals surface area contributed by atoms with Crippen molar-refractivity contribution in [3.63, 3.8) is 0 Å². The molecular weight excluding hydrogens is 256 g/mol. The highest BCUT2D eigenvalue weighted by Crippen LogP contribution is 2.39. The van der Waals surface area contributed by atoms with Crippen molar-refractivity contribution in [3.05, 3.63) is 11.7 Å². The van der Waals surface area contributed by atoms with Gasteiger partial charge in [-0.3, -0.25) is 0 Å². The summed E-state index contributed by atoms with van der Waals surface area (Å²) in [5.74, 6) is 1.85. The molecule has 3 rings (SSSR count). The topological polar surface area (TPSA) is 79.5 Å². The maximum atomic E-state index is 11.8. The van der Waals surface area contributed by atoms with E-state index in [0.717, 1.165) is 18.7 Å². The van der Waals surface area contributed by atoms with Crippen molar-refractivity contribution in [2.45, 2.75) is 24.7 Å².